The first-order valence-corrected chi connectivity index (χ1v) is 6.59. The highest BCUT2D eigenvalue weighted by molar-refractivity contribution is 5.94. The van der Waals surface area contributed by atoms with Crippen molar-refractivity contribution in [1.29, 1.82) is 0 Å². The van der Waals surface area contributed by atoms with Gasteiger partial charge in [-0.2, -0.15) is 0 Å². The summed E-state index contributed by atoms with van der Waals surface area (Å²) in [6.07, 6.45) is 2.83. The van der Waals surface area contributed by atoms with Crippen LogP contribution in [-0.2, 0) is 4.79 Å². The van der Waals surface area contributed by atoms with Crippen LogP contribution in [0.3, 0.4) is 0 Å². The Hall–Kier alpha value is -1.98. The van der Waals surface area contributed by atoms with Gasteiger partial charge in [-0.3, -0.25) is 9.59 Å². The molecule has 0 aromatic heterocycles. The molecule has 2 N–H and O–H groups in total. The molecule has 1 aliphatic carbocycles. The number of hydrogen-bond donors (Lipinski definition) is 2. The lowest BCUT2D eigenvalue weighted by molar-refractivity contribution is -0.121. The molecule has 2 amide bonds. The Morgan fingerprint density at radius 3 is 2.70 bits per heavy atom. The van der Waals surface area contributed by atoms with Crippen LogP contribution in [0, 0.1) is 11.6 Å². The number of benzene rings is 1. The molecule has 0 bridgehead atoms. The summed E-state index contributed by atoms with van der Waals surface area (Å²) in [5.74, 6) is -2.93. The van der Waals surface area contributed by atoms with Gasteiger partial charge in [0.15, 0.2) is 11.6 Å². The van der Waals surface area contributed by atoms with Crippen LogP contribution in [0.5, 0.6) is 0 Å². The highest BCUT2D eigenvalue weighted by Gasteiger charge is 2.22. The predicted octanol–water partition coefficient (Wildman–Crippen LogP) is 1.75. The second kappa shape index (κ2) is 6.45. The van der Waals surface area contributed by atoms with Crippen molar-refractivity contribution in [2.24, 2.45) is 0 Å². The van der Waals surface area contributed by atoms with Gasteiger partial charge in [-0.05, 0) is 31.4 Å². The van der Waals surface area contributed by atoms with Crippen LogP contribution >= 0.6 is 0 Å². The van der Waals surface area contributed by atoms with E-state index in [2.05, 4.69) is 10.6 Å². The van der Waals surface area contributed by atoms with E-state index in [9.17, 15) is 18.4 Å². The molecule has 0 atom stereocenters. The zero-order valence-electron chi connectivity index (χ0n) is 10.9. The molecule has 1 aromatic rings. The number of hydrogen-bond acceptors (Lipinski definition) is 2. The van der Waals surface area contributed by atoms with Crippen LogP contribution in [0.4, 0.5) is 8.78 Å². The second-order valence-corrected chi connectivity index (χ2v) is 4.80. The minimum atomic E-state index is -1.16. The number of rotatable bonds is 6. The van der Waals surface area contributed by atoms with Crippen molar-refractivity contribution in [2.75, 3.05) is 6.54 Å². The van der Waals surface area contributed by atoms with Gasteiger partial charge in [0.2, 0.25) is 5.91 Å². The Labute approximate surface area is 115 Å². The van der Waals surface area contributed by atoms with Crippen molar-refractivity contribution in [3.8, 4) is 0 Å². The lowest BCUT2D eigenvalue weighted by Gasteiger charge is -2.07. The third-order valence-electron chi connectivity index (χ3n) is 3.00. The first-order valence-electron chi connectivity index (χ1n) is 6.59. The Bertz CT molecular complexity index is 516. The molecule has 6 heteroatoms. The van der Waals surface area contributed by atoms with E-state index in [1.807, 2.05) is 0 Å². The highest BCUT2D eigenvalue weighted by atomic mass is 19.2. The third kappa shape index (κ3) is 4.01. The quantitative estimate of drug-likeness (QED) is 0.781. The highest BCUT2D eigenvalue weighted by Crippen LogP contribution is 2.18. The number of carbonyl (C=O) groups is 2. The van der Waals surface area contributed by atoms with Gasteiger partial charge in [0.25, 0.3) is 5.91 Å². The maximum atomic E-state index is 13.3. The fourth-order valence-corrected chi connectivity index (χ4v) is 1.75. The average Bonchev–Trinajstić information content (AvgIpc) is 3.21. The molecule has 0 aliphatic heterocycles. The summed E-state index contributed by atoms with van der Waals surface area (Å²) in [7, 11) is 0. The van der Waals surface area contributed by atoms with E-state index in [4.69, 9.17) is 0 Å². The first kappa shape index (κ1) is 14.4. The summed E-state index contributed by atoms with van der Waals surface area (Å²) in [4.78, 5) is 23.0. The van der Waals surface area contributed by atoms with Crippen molar-refractivity contribution in [3.05, 3.63) is 35.4 Å². The molecule has 20 heavy (non-hydrogen) atoms. The number of carbonyl (C=O) groups excluding carboxylic acids is 2. The van der Waals surface area contributed by atoms with Crippen LogP contribution in [0.25, 0.3) is 0 Å². The fourth-order valence-electron chi connectivity index (χ4n) is 1.75. The summed E-state index contributed by atoms with van der Waals surface area (Å²) in [6.45, 7) is 0.243. The van der Waals surface area contributed by atoms with Crippen molar-refractivity contribution >= 4 is 11.8 Å². The molecule has 108 valence electrons. The van der Waals surface area contributed by atoms with Crippen molar-refractivity contribution in [3.63, 3.8) is 0 Å². The molecule has 0 spiro atoms. The number of amides is 2. The van der Waals surface area contributed by atoms with E-state index in [1.165, 1.54) is 12.1 Å². The smallest absolute Gasteiger partial charge is 0.254 e. The van der Waals surface area contributed by atoms with Gasteiger partial charge in [-0.1, -0.05) is 6.07 Å². The van der Waals surface area contributed by atoms with E-state index in [0.717, 1.165) is 18.9 Å². The number of nitrogens with one attached hydrogen (secondary N) is 2. The second-order valence-electron chi connectivity index (χ2n) is 4.80. The van der Waals surface area contributed by atoms with Gasteiger partial charge in [-0.15, -0.1) is 0 Å². The largest absolute Gasteiger partial charge is 0.353 e. The van der Waals surface area contributed by atoms with E-state index < -0.39 is 17.5 Å². The van der Waals surface area contributed by atoms with Crippen molar-refractivity contribution in [2.45, 2.75) is 31.7 Å². The van der Waals surface area contributed by atoms with E-state index in [0.29, 0.717) is 18.9 Å². The summed E-state index contributed by atoms with van der Waals surface area (Å²) in [5.41, 5.74) is -0.326. The Morgan fingerprint density at radius 1 is 1.25 bits per heavy atom. The van der Waals surface area contributed by atoms with Gasteiger partial charge in [0.1, 0.15) is 0 Å². The monoisotopic (exact) mass is 282 g/mol. The molecule has 2 rings (SSSR count). The first-order chi connectivity index (χ1) is 9.58. The van der Waals surface area contributed by atoms with Gasteiger partial charge >= 0.3 is 0 Å². The van der Waals surface area contributed by atoms with E-state index >= 15 is 0 Å². The molecular formula is C14H16F2N2O2. The van der Waals surface area contributed by atoms with Gasteiger partial charge in [-0.25, -0.2) is 8.78 Å². The lowest BCUT2D eigenvalue weighted by atomic mass is 10.2. The summed E-state index contributed by atoms with van der Waals surface area (Å²) < 4.78 is 26.3. The van der Waals surface area contributed by atoms with Gasteiger partial charge in [0.05, 0.1) is 5.56 Å². The Kier molecular flexibility index (Phi) is 4.65. The Morgan fingerprint density at radius 2 is 2.00 bits per heavy atom. The van der Waals surface area contributed by atoms with Gasteiger partial charge in [0, 0.05) is 19.0 Å². The summed E-state index contributed by atoms with van der Waals surface area (Å²) in [5, 5.41) is 5.29. The zero-order valence-corrected chi connectivity index (χ0v) is 10.9. The summed E-state index contributed by atoms with van der Waals surface area (Å²) >= 11 is 0. The van der Waals surface area contributed by atoms with Crippen LogP contribution in [0.2, 0.25) is 0 Å². The SMILES string of the molecule is O=C(CCCNC(=O)c1cccc(F)c1F)NC1CC1. The van der Waals surface area contributed by atoms with Gasteiger partial charge < -0.3 is 10.6 Å². The third-order valence-corrected chi connectivity index (χ3v) is 3.00. The van der Waals surface area contributed by atoms with Crippen LogP contribution in [0.1, 0.15) is 36.0 Å². The average molecular weight is 282 g/mol. The van der Waals surface area contributed by atoms with Crippen LogP contribution < -0.4 is 10.6 Å². The molecular weight excluding hydrogens is 266 g/mol. The standard InChI is InChI=1S/C14H16F2N2O2/c15-11-4-1-3-10(13(11)16)14(20)17-8-2-5-12(19)18-9-6-7-9/h1,3-4,9H,2,5-8H2,(H,17,20)(H,18,19). The molecule has 0 heterocycles. The van der Waals surface area contributed by atoms with E-state index in [-0.39, 0.29) is 18.0 Å². The van der Waals surface area contributed by atoms with Crippen molar-refractivity contribution in [1.82, 2.24) is 10.6 Å². The topological polar surface area (TPSA) is 58.2 Å². The number of halogens is 2. The van der Waals surface area contributed by atoms with Crippen molar-refractivity contribution < 1.29 is 18.4 Å². The van der Waals surface area contributed by atoms with E-state index in [1.54, 1.807) is 0 Å². The molecule has 4 nitrogen and oxygen atoms in total. The molecule has 0 unspecified atom stereocenters. The molecule has 1 aromatic carbocycles. The molecule has 1 aliphatic rings. The van der Waals surface area contributed by atoms with Crippen LogP contribution in [-0.4, -0.2) is 24.4 Å². The lowest BCUT2D eigenvalue weighted by Crippen LogP contribution is -2.29. The minimum absolute atomic E-state index is 0.0429. The molecule has 1 saturated carbocycles. The summed E-state index contributed by atoms with van der Waals surface area (Å²) in [6, 6.07) is 3.76. The maximum absolute atomic E-state index is 13.3. The minimum Gasteiger partial charge on any atom is -0.353 e. The zero-order chi connectivity index (χ0) is 14.5. The molecule has 0 radical (unpaired) electrons. The van der Waals surface area contributed by atoms with Crippen LogP contribution in [0.15, 0.2) is 18.2 Å². The molecule has 1 fully saturated rings. The Balaban J connectivity index is 1.71. The normalized spacial score (nSPS) is 13.9. The molecule has 0 saturated heterocycles. The maximum Gasteiger partial charge on any atom is 0.254 e. The predicted molar refractivity (Wildman–Crippen MR) is 69.1 cm³/mol. The fraction of sp³-hybridized carbons (Fsp3) is 0.429.